The van der Waals surface area contributed by atoms with Crippen LogP contribution in [0.2, 0.25) is 0 Å². The molecule has 248 valence electrons. The van der Waals surface area contributed by atoms with E-state index in [4.69, 9.17) is 0 Å². The molecule has 0 unspecified atom stereocenters. The van der Waals surface area contributed by atoms with Crippen LogP contribution in [0.15, 0.2) is 107 Å². The van der Waals surface area contributed by atoms with Crippen LogP contribution in [0.3, 0.4) is 0 Å². The van der Waals surface area contributed by atoms with Crippen LogP contribution in [-0.2, 0) is 29.8 Å². The predicted octanol–water partition coefficient (Wildman–Crippen LogP) is 8.04. The molecule has 5 nitrogen and oxygen atoms in total. The maximum Gasteiger partial charge on any atom is 0.416 e. The lowest BCUT2D eigenvalue weighted by Gasteiger charge is -2.35. The van der Waals surface area contributed by atoms with Gasteiger partial charge in [0.15, 0.2) is 17.1 Å². The summed E-state index contributed by atoms with van der Waals surface area (Å²) in [5.74, 6) is -2.01. The molecule has 1 saturated heterocycles. The second kappa shape index (κ2) is 14.3. The Labute approximate surface area is 278 Å². The third kappa shape index (κ3) is 7.47. The SMILES string of the molecule is O=C(Cn1c(SCc2cccc(F)c2F)cc(=O)c2ccccc21)N(Cc1ccc(-c2ccc(C(F)(F)F)cc2)cc1)C1CCNCC1. The minimum absolute atomic E-state index is 0.0449. The standard InChI is InChI=1S/C37H32F5N3O2S/c38-31-6-3-4-27(36(31)39)23-48-35-20-33(46)30-5-1-2-7-32(30)45(35)22-34(47)44(29-16-18-43-19-17-29)21-24-8-10-25(11-9-24)26-12-14-28(15-13-26)37(40,41)42/h1-15,20,29,43H,16-19,21-23H2. The van der Waals surface area contributed by atoms with Crippen molar-refractivity contribution < 1.29 is 26.7 Å². The number of hydrogen-bond acceptors (Lipinski definition) is 4. The number of nitrogens with zero attached hydrogens (tertiary/aromatic N) is 2. The molecular weight excluding hydrogens is 645 g/mol. The average Bonchev–Trinajstić information content (AvgIpc) is 3.09. The highest BCUT2D eigenvalue weighted by atomic mass is 32.2. The Morgan fingerprint density at radius 2 is 1.54 bits per heavy atom. The van der Waals surface area contributed by atoms with Gasteiger partial charge in [-0.25, -0.2) is 8.78 Å². The van der Waals surface area contributed by atoms with Crippen LogP contribution in [0, 0.1) is 11.6 Å². The monoisotopic (exact) mass is 677 g/mol. The summed E-state index contributed by atoms with van der Waals surface area (Å²) in [6.45, 7) is 1.74. The van der Waals surface area contributed by atoms with Crippen molar-refractivity contribution in [2.75, 3.05) is 13.1 Å². The molecule has 2 heterocycles. The van der Waals surface area contributed by atoms with Crippen molar-refractivity contribution in [3.05, 3.63) is 136 Å². The number of benzene rings is 4. The Morgan fingerprint density at radius 1 is 0.875 bits per heavy atom. The van der Waals surface area contributed by atoms with Crippen molar-refractivity contribution in [3.63, 3.8) is 0 Å². The molecule has 1 fully saturated rings. The first-order chi connectivity index (χ1) is 23.1. The minimum atomic E-state index is -4.41. The van der Waals surface area contributed by atoms with Crippen LogP contribution < -0.4 is 10.7 Å². The van der Waals surface area contributed by atoms with Crippen LogP contribution >= 0.6 is 11.8 Å². The number of carbonyl (C=O) groups is 1. The normalized spacial score (nSPS) is 13.9. The van der Waals surface area contributed by atoms with Crippen molar-refractivity contribution in [1.29, 1.82) is 0 Å². The zero-order chi connectivity index (χ0) is 33.8. The first kappa shape index (κ1) is 33.4. The molecular formula is C37H32F5N3O2S. The summed E-state index contributed by atoms with van der Waals surface area (Å²) < 4.78 is 69.2. The second-order valence-corrected chi connectivity index (χ2v) is 12.7. The zero-order valence-corrected chi connectivity index (χ0v) is 26.6. The molecule has 0 bridgehead atoms. The van der Waals surface area contributed by atoms with E-state index in [2.05, 4.69) is 5.32 Å². The fourth-order valence-corrected chi connectivity index (χ4v) is 7.05. The Balaban J connectivity index is 1.28. The van der Waals surface area contributed by atoms with Crippen molar-refractivity contribution in [1.82, 2.24) is 14.8 Å². The molecule has 1 amide bonds. The van der Waals surface area contributed by atoms with Crippen molar-refractivity contribution >= 4 is 28.6 Å². The molecule has 0 saturated carbocycles. The quantitative estimate of drug-likeness (QED) is 0.127. The number of alkyl halides is 3. The summed E-state index contributed by atoms with van der Waals surface area (Å²) in [5.41, 5.74) is 2.02. The molecule has 0 aliphatic carbocycles. The molecule has 11 heteroatoms. The van der Waals surface area contributed by atoms with Gasteiger partial charge in [-0.15, -0.1) is 11.8 Å². The van der Waals surface area contributed by atoms with Crippen LogP contribution in [0.25, 0.3) is 22.0 Å². The topological polar surface area (TPSA) is 54.3 Å². The number of pyridine rings is 1. The number of fused-ring (bicyclic) bond motifs is 1. The molecule has 1 aromatic heterocycles. The lowest BCUT2D eigenvalue weighted by atomic mass is 10.0. The number of para-hydroxylation sites is 1. The summed E-state index contributed by atoms with van der Waals surface area (Å²) in [6.07, 6.45) is -2.91. The lowest BCUT2D eigenvalue weighted by Crippen LogP contribution is -2.47. The molecule has 0 spiro atoms. The number of aromatic nitrogens is 1. The number of nitrogens with one attached hydrogen (secondary N) is 1. The van der Waals surface area contributed by atoms with E-state index < -0.39 is 23.4 Å². The molecule has 6 rings (SSSR count). The van der Waals surface area contributed by atoms with E-state index in [-0.39, 0.29) is 35.2 Å². The summed E-state index contributed by atoms with van der Waals surface area (Å²) in [4.78, 5) is 29.2. The highest BCUT2D eigenvalue weighted by Crippen LogP contribution is 2.32. The number of hydrogen-bond donors (Lipinski definition) is 1. The number of carbonyl (C=O) groups excluding carboxylic acids is 1. The van der Waals surface area contributed by atoms with Crippen LogP contribution in [0.1, 0.15) is 29.5 Å². The van der Waals surface area contributed by atoms with Gasteiger partial charge in [-0.3, -0.25) is 9.59 Å². The number of thioether (sulfide) groups is 1. The minimum Gasteiger partial charge on any atom is -0.334 e. The van der Waals surface area contributed by atoms with E-state index >= 15 is 0 Å². The Morgan fingerprint density at radius 3 is 2.23 bits per heavy atom. The summed E-state index contributed by atoms with van der Waals surface area (Å²) in [5, 5.41) is 4.24. The molecule has 0 radical (unpaired) electrons. The molecule has 0 atom stereocenters. The molecule has 4 aromatic carbocycles. The highest BCUT2D eigenvalue weighted by molar-refractivity contribution is 7.98. The van der Waals surface area contributed by atoms with Crippen molar-refractivity contribution in [3.8, 4) is 11.1 Å². The second-order valence-electron chi connectivity index (χ2n) is 11.7. The van der Waals surface area contributed by atoms with Crippen molar-refractivity contribution in [2.24, 2.45) is 0 Å². The highest BCUT2D eigenvalue weighted by Gasteiger charge is 2.30. The zero-order valence-electron chi connectivity index (χ0n) is 25.8. The number of amides is 1. The van der Waals surface area contributed by atoms with Gasteiger partial charge < -0.3 is 14.8 Å². The Kier molecular flexibility index (Phi) is 9.98. The van der Waals surface area contributed by atoms with Gasteiger partial charge >= 0.3 is 6.18 Å². The van der Waals surface area contributed by atoms with Crippen LogP contribution in [-0.4, -0.2) is 34.5 Å². The summed E-state index contributed by atoms with van der Waals surface area (Å²) in [7, 11) is 0. The smallest absolute Gasteiger partial charge is 0.334 e. The van der Waals surface area contributed by atoms with Crippen LogP contribution in [0.4, 0.5) is 22.0 Å². The van der Waals surface area contributed by atoms with Gasteiger partial charge in [-0.1, -0.05) is 60.7 Å². The van der Waals surface area contributed by atoms with Gasteiger partial charge in [0, 0.05) is 35.4 Å². The lowest BCUT2D eigenvalue weighted by molar-refractivity contribution is -0.137. The van der Waals surface area contributed by atoms with E-state index in [9.17, 15) is 31.5 Å². The predicted molar refractivity (Wildman–Crippen MR) is 177 cm³/mol. The fraction of sp³-hybridized carbons (Fsp3) is 0.243. The Hall–Kier alpha value is -4.48. The molecule has 1 aliphatic heterocycles. The number of piperidine rings is 1. The van der Waals surface area contributed by atoms with E-state index in [1.807, 2.05) is 29.2 Å². The third-order valence-electron chi connectivity index (χ3n) is 8.60. The van der Waals surface area contributed by atoms with Gasteiger partial charge in [-0.05, 0) is 73.0 Å². The van der Waals surface area contributed by atoms with Gasteiger partial charge in [0.05, 0.1) is 16.1 Å². The molecule has 48 heavy (non-hydrogen) atoms. The van der Waals surface area contributed by atoms with Gasteiger partial charge in [0.2, 0.25) is 5.91 Å². The first-order valence-electron chi connectivity index (χ1n) is 15.5. The summed E-state index contributed by atoms with van der Waals surface area (Å²) >= 11 is 1.16. The largest absolute Gasteiger partial charge is 0.416 e. The number of halogens is 5. The van der Waals surface area contributed by atoms with Gasteiger partial charge in [0.1, 0.15) is 6.54 Å². The van der Waals surface area contributed by atoms with Gasteiger partial charge in [-0.2, -0.15) is 13.2 Å². The Bertz CT molecular complexity index is 1970. The maximum absolute atomic E-state index is 14.5. The van der Waals surface area contributed by atoms with Crippen molar-refractivity contribution in [2.45, 2.75) is 48.9 Å². The first-order valence-corrected chi connectivity index (χ1v) is 16.5. The summed E-state index contributed by atoms with van der Waals surface area (Å²) in [6, 6.07) is 24.8. The van der Waals surface area contributed by atoms with E-state index in [1.165, 1.54) is 30.3 Å². The maximum atomic E-state index is 14.5. The fourth-order valence-electron chi connectivity index (χ4n) is 6.01. The third-order valence-corrected chi connectivity index (χ3v) is 9.69. The average molecular weight is 678 g/mol. The number of rotatable bonds is 9. The van der Waals surface area contributed by atoms with E-state index in [0.29, 0.717) is 28.0 Å². The van der Waals surface area contributed by atoms with E-state index in [0.717, 1.165) is 67.0 Å². The van der Waals surface area contributed by atoms with Gasteiger partial charge in [0.25, 0.3) is 0 Å². The molecule has 1 aliphatic rings. The van der Waals surface area contributed by atoms with Crippen LogP contribution in [0.5, 0.6) is 0 Å². The molecule has 1 N–H and O–H groups in total. The van der Waals surface area contributed by atoms with E-state index in [1.54, 1.807) is 28.8 Å². The molecule has 5 aromatic rings.